The monoisotopic (exact) mass is 626 g/mol. The van der Waals surface area contributed by atoms with Gasteiger partial charge in [0.15, 0.2) is 0 Å². The highest BCUT2D eigenvalue weighted by molar-refractivity contribution is 9.14. The quantitative estimate of drug-likeness (QED) is 0.279. The minimum Gasteiger partial charge on any atom is -0.450 e. The van der Waals surface area contributed by atoms with E-state index in [0.29, 0.717) is 26.3 Å². The first-order valence-electron chi connectivity index (χ1n) is 8.11. The minimum absolute atomic E-state index is 0.375. The van der Waals surface area contributed by atoms with E-state index in [0.717, 1.165) is 34.6 Å². The Morgan fingerprint density at radius 3 is 1.42 bits per heavy atom. The van der Waals surface area contributed by atoms with Crippen LogP contribution in [0.25, 0.3) is 0 Å². The normalized spacial score (nSPS) is 11.2. The molecule has 0 atom stereocenters. The molecule has 10 heteroatoms. The van der Waals surface area contributed by atoms with E-state index in [2.05, 4.69) is 74.4 Å². The van der Waals surface area contributed by atoms with E-state index in [-0.39, 0.29) is 12.2 Å². The fourth-order valence-electron chi connectivity index (χ4n) is 1.11. The highest BCUT2D eigenvalue weighted by atomic mass is 79.9. The summed E-state index contributed by atoms with van der Waals surface area (Å²) in [6.45, 7) is 5.94. The third kappa shape index (κ3) is 22.0. The molecule has 0 saturated carbocycles. The van der Waals surface area contributed by atoms with E-state index in [1.807, 2.05) is 13.8 Å². The maximum atomic E-state index is 10.9. The molecule has 0 fully saturated rings. The molecule has 0 rings (SSSR count). The molecule has 0 aromatic rings. The third-order valence-corrected chi connectivity index (χ3v) is 5.85. The Hall–Kier alpha value is -0.0600. The highest BCUT2D eigenvalue weighted by Crippen LogP contribution is 2.05. The Labute approximate surface area is 189 Å². The first-order chi connectivity index (χ1) is 12.4. The van der Waals surface area contributed by atoms with Crippen LogP contribution in [0.3, 0.4) is 0 Å². The van der Waals surface area contributed by atoms with Crippen molar-refractivity contribution < 1.29 is 19.1 Å². The number of hydrogen-bond donors (Lipinski definition) is 2. The molecule has 0 bridgehead atoms. The molecule has 0 radical (unpaired) electrons. The Morgan fingerprint density at radius 1 is 0.808 bits per heavy atom. The Bertz CT molecular complexity index is 406. The SMILES string of the molecule is CCCCOC(=O)NCC(Br)=CBr.CCCCOC(=O)NCC(Br)=CBr. The lowest BCUT2D eigenvalue weighted by Crippen LogP contribution is -2.25. The second-order valence-electron chi connectivity index (χ2n) is 4.80. The number of hydrogen-bond acceptors (Lipinski definition) is 4. The summed E-state index contributed by atoms with van der Waals surface area (Å²) < 4.78 is 11.4. The van der Waals surface area contributed by atoms with Crippen molar-refractivity contribution in [1.82, 2.24) is 10.6 Å². The molecular formula is C16H26Br4N2O4. The Morgan fingerprint density at radius 2 is 1.15 bits per heavy atom. The van der Waals surface area contributed by atoms with Gasteiger partial charge in [-0.15, -0.1) is 0 Å². The van der Waals surface area contributed by atoms with Gasteiger partial charge in [0.2, 0.25) is 0 Å². The van der Waals surface area contributed by atoms with Crippen LogP contribution in [0, 0.1) is 0 Å². The summed E-state index contributed by atoms with van der Waals surface area (Å²) in [7, 11) is 0. The number of halogens is 4. The predicted molar refractivity (Wildman–Crippen MR) is 120 cm³/mol. The van der Waals surface area contributed by atoms with Crippen LogP contribution in [0.15, 0.2) is 18.9 Å². The molecule has 0 spiro atoms. The van der Waals surface area contributed by atoms with E-state index in [4.69, 9.17) is 9.47 Å². The van der Waals surface area contributed by atoms with Crippen LogP contribution >= 0.6 is 63.7 Å². The molecule has 152 valence electrons. The van der Waals surface area contributed by atoms with Crippen LogP contribution in [-0.2, 0) is 9.47 Å². The van der Waals surface area contributed by atoms with E-state index in [1.54, 1.807) is 9.97 Å². The number of ether oxygens (including phenoxy) is 2. The molecule has 0 saturated heterocycles. The minimum atomic E-state index is -0.375. The summed E-state index contributed by atoms with van der Waals surface area (Å²) in [4.78, 5) is 25.3. The van der Waals surface area contributed by atoms with Crippen molar-refractivity contribution in [2.45, 2.75) is 39.5 Å². The van der Waals surface area contributed by atoms with Crippen LogP contribution in [0.5, 0.6) is 0 Å². The molecule has 0 aromatic carbocycles. The van der Waals surface area contributed by atoms with Gasteiger partial charge in [-0.3, -0.25) is 0 Å². The number of carbonyl (C=O) groups is 2. The van der Waals surface area contributed by atoms with Gasteiger partial charge >= 0.3 is 12.2 Å². The van der Waals surface area contributed by atoms with Crippen LogP contribution in [0.4, 0.5) is 9.59 Å². The summed E-state index contributed by atoms with van der Waals surface area (Å²) in [6, 6.07) is 0. The van der Waals surface area contributed by atoms with Gasteiger partial charge < -0.3 is 20.1 Å². The van der Waals surface area contributed by atoms with Crippen molar-refractivity contribution in [1.29, 1.82) is 0 Å². The summed E-state index contributed by atoms with van der Waals surface area (Å²) in [5.41, 5.74) is 0. The van der Waals surface area contributed by atoms with Gasteiger partial charge in [-0.1, -0.05) is 90.4 Å². The molecule has 0 heterocycles. The third-order valence-electron chi connectivity index (χ3n) is 2.50. The first kappa shape index (κ1) is 28.2. The van der Waals surface area contributed by atoms with Crippen molar-refractivity contribution in [3.05, 3.63) is 18.9 Å². The summed E-state index contributed by atoms with van der Waals surface area (Å²) in [5, 5.41) is 5.17. The van der Waals surface area contributed by atoms with Gasteiger partial charge in [0.25, 0.3) is 0 Å². The van der Waals surface area contributed by atoms with Gasteiger partial charge in [-0.25, -0.2) is 9.59 Å². The zero-order valence-electron chi connectivity index (χ0n) is 15.0. The molecule has 0 unspecified atom stereocenters. The molecule has 2 amide bonds. The molecular weight excluding hydrogens is 604 g/mol. The summed E-state index contributed by atoms with van der Waals surface area (Å²) in [6.07, 6.45) is 3.11. The number of rotatable bonds is 10. The molecule has 26 heavy (non-hydrogen) atoms. The van der Waals surface area contributed by atoms with Crippen molar-refractivity contribution >= 4 is 75.9 Å². The first-order valence-corrected chi connectivity index (χ1v) is 11.5. The smallest absolute Gasteiger partial charge is 0.407 e. The van der Waals surface area contributed by atoms with Crippen LogP contribution in [0.2, 0.25) is 0 Å². The zero-order valence-corrected chi connectivity index (χ0v) is 21.3. The number of unbranched alkanes of at least 4 members (excludes halogenated alkanes) is 2. The van der Waals surface area contributed by atoms with Crippen molar-refractivity contribution in [3.8, 4) is 0 Å². The predicted octanol–water partition coefficient (Wildman–Crippen LogP) is 6.29. The van der Waals surface area contributed by atoms with Crippen LogP contribution in [-0.4, -0.2) is 38.5 Å². The van der Waals surface area contributed by atoms with E-state index in [1.165, 1.54) is 0 Å². The Kier molecular flexibility index (Phi) is 23.0. The average molecular weight is 630 g/mol. The number of amides is 2. The zero-order chi connectivity index (χ0) is 20.2. The lowest BCUT2D eigenvalue weighted by molar-refractivity contribution is 0.144. The van der Waals surface area contributed by atoms with Crippen molar-refractivity contribution in [2.24, 2.45) is 0 Å². The molecule has 0 aliphatic carbocycles. The van der Waals surface area contributed by atoms with E-state index < -0.39 is 0 Å². The Balaban J connectivity index is 0. The van der Waals surface area contributed by atoms with Gasteiger partial charge in [-0.05, 0) is 22.8 Å². The second kappa shape index (κ2) is 21.2. The highest BCUT2D eigenvalue weighted by Gasteiger charge is 2.01. The average Bonchev–Trinajstić information content (AvgIpc) is 2.65. The van der Waals surface area contributed by atoms with Gasteiger partial charge in [0.05, 0.1) is 26.3 Å². The number of alkyl carbamates (subject to hydrolysis) is 2. The number of nitrogens with one attached hydrogen (secondary N) is 2. The topological polar surface area (TPSA) is 76.7 Å². The summed E-state index contributed by atoms with van der Waals surface area (Å²) >= 11 is 12.7. The van der Waals surface area contributed by atoms with Gasteiger partial charge in [0.1, 0.15) is 0 Å². The maximum absolute atomic E-state index is 10.9. The van der Waals surface area contributed by atoms with Crippen LogP contribution < -0.4 is 10.6 Å². The molecule has 0 aliphatic heterocycles. The molecule has 0 aliphatic rings. The lowest BCUT2D eigenvalue weighted by Gasteiger charge is -2.05. The molecule has 2 N–H and O–H groups in total. The van der Waals surface area contributed by atoms with Gasteiger partial charge in [0, 0.05) is 8.96 Å². The van der Waals surface area contributed by atoms with Gasteiger partial charge in [-0.2, -0.15) is 0 Å². The van der Waals surface area contributed by atoms with Crippen molar-refractivity contribution in [3.63, 3.8) is 0 Å². The fraction of sp³-hybridized carbons (Fsp3) is 0.625. The largest absolute Gasteiger partial charge is 0.450 e. The number of carbonyl (C=O) groups excluding carboxylic acids is 2. The fourth-order valence-corrected chi connectivity index (χ4v) is 1.71. The molecule has 6 nitrogen and oxygen atoms in total. The maximum Gasteiger partial charge on any atom is 0.407 e. The summed E-state index contributed by atoms with van der Waals surface area (Å²) in [5.74, 6) is 0. The second-order valence-corrected chi connectivity index (χ2v) is 7.75. The molecule has 0 aromatic heterocycles. The standard InChI is InChI=1S/2C8H13Br2NO2/c2*1-2-3-4-13-8(12)11-6-7(10)5-9/h2*5H,2-4,6H2,1H3,(H,11,12). The van der Waals surface area contributed by atoms with E-state index in [9.17, 15) is 9.59 Å². The lowest BCUT2D eigenvalue weighted by atomic mass is 10.4. The van der Waals surface area contributed by atoms with Crippen LogP contribution in [0.1, 0.15) is 39.5 Å². The van der Waals surface area contributed by atoms with E-state index >= 15 is 0 Å². The van der Waals surface area contributed by atoms with Crippen molar-refractivity contribution in [2.75, 3.05) is 26.3 Å².